The van der Waals surface area contributed by atoms with Crippen LogP contribution in [0.1, 0.15) is 12.8 Å². The largest absolute Gasteiger partial charge is 0.480 e. The van der Waals surface area contributed by atoms with E-state index in [0.717, 1.165) is 4.90 Å². The molecule has 0 aromatic rings. The van der Waals surface area contributed by atoms with E-state index in [-0.39, 0.29) is 23.7 Å². The van der Waals surface area contributed by atoms with Crippen LogP contribution < -0.4 is 5.32 Å². The van der Waals surface area contributed by atoms with Gasteiger partial charge in [0.2, 0.25) is 17.7 Å². The van der Waals surface area contributed by atoms with Crippen LogP contribution in [0.5, 0.6) is 0 Å². The molecule has 1 heterocycles. The van der Waals surface area contributed by atoms with Gasteiger partial charge in [0.1, 0.15) is 13.1 Å². The highest BCUT2D eigenvalue weighted by Gasteiger charge is 2.47. The number of likely N-dealkylation sites (tertiary alicyclic amines) is 1. The van der Waals surface area contributed by atoms with Crippen molar-refractivity contribution in [1.82, 2.24) is 10.2 Å². The lowest BCUT2D eigenvalue weighted by molar-refractivity contribution is -0.144. The second kappa shape index (κ2) is 5.21. The van der Waals surface area contributed by atoms with E-state index in [4.69, 9.17) is 5.11 Å². The number of nitrogens with one attached hydrogen (secondary N) is 1. The number of fused-ring (bicyclic) bond motifs is 1. The van der Waals surface area contributed by atoms with Gasteiger partial charge < -0.3 is 10.4 Å². The quantitative estimate of drug-likeness (QED) is 0.509. The summed E-state index contributed by atoms with van der Waals surface area (Å²) in [5, 5.41) is 10.6. The fourth-order valence-corrected chi connectivity index (χ4v) is 2.40. The Kier molecular flexibility index (Phi) is 3.64. The zero-order valence-electron chi connectivity index (χ0n) is 10.2. The minimum Gasteiger partial charge on any atom is -0.480 e. The molecule has 7 nitrogen and oxygen atoms in total. The molecule has 19 heavy (non-hydrogen) atoms. The average Bonchev–Trinajstić information content (AvgIpc) is 2.62. The summed E-state index contributed by atoms with van der Waals surface area (Å²) in [7, 11) is 0. The highest BCUT2D eigenvalue weighted by atomic mass is 16.4. The van der Waals surface area contributed by atoms with Crippen molar-refractivity contribution in [3.05, 3.63) is 12.2 Å². The number of hydrogen-bond acceptors (Lipinski definition) is 4. The molecule has 0 saturated carbocycles. The van der Waals surface area contributed by atoms with Gasteiger partial charge in [-0.3, -0.25) is 24.1 Å². The molecular weight excluding hydrogens is 252 g/mol. The highest BCUT2D eigenvalue weighted by Crippen LogP contribution is 2.34. The third kappa shape index (κ3) is 2.64. The van der Waals surface area contributed by atoms with Crippen LogP contribution in [0.2, 0.25) is 0 Å². The van der Waals surface area contributed by atoms with Crippen molar-refractivity contribution in [2.24, 2.45) is 11.8 Å². The van der Waals surface area contributed by atoms with Crippen molar-refractivity contribution in [3.8, 4) is 0 Å². The molecule has 0 radical (unpaired) electrons. The van der Waals surface area contributed by atoms with Crippen molar-refractivity contribution in [2.75, 3.05) is 13.1 Å². The number of hydrogen-bond donors (Lipinski definition) is 2. The molecule has 1 aliphatic carbocycles. The molecule has 0 bridgehead atoms. The zero-order chi connectivity index (χ0) is 14.0. The molecule has 1 fully saturated rings. The fourth-order valence-electron chi connectivity index (χ4n) is 2.40. The highest BCUT2D eigenvalue weighted by molar-refractivity contribution is 6.07. The molecule has 3 amide bonds. The van der Waals surface area contributed by atoms with Crippen LogP contribution in [-0.2, 0) is 19.2 Å². The molecule has 2 aliphatic rings. The third-order valence-corrected chi connectivity index (χ3v) is 3.34. The summed E-state index contributed by atoms with van der Waals surface area (Å²) in [6, 6.07) is 0. The maximum atomic E-state index is 12.0. The van der Waals surface area contributed by atoms with Gasteiger partial charge in [-0.2, -0.15) is 0 Å². The smallest absolute Gasteiger partial charge is 0.322 e. The van der Waals surface area contributed by atoms with E-state index in [1.807, 2.05) is 12.2 Å². The maximum Gasteiger partial charge on any atom is 0.322 e. The summed E-state index contributed by atoms with van der Waals surface area (Å²) in [6.45, 7) is -0.929. The van der Waals surface area contributed by atoms with E-state index in [1.54, 1.807) is 0 Å². The van der Waals surface area contributed by atoms with E-state index in [2.05, 4.69) is 5.32 Å². The van der Waals surface area contributed by atoms with Crippen molar-refractivity contribution in [2.45, 2.75) is 12.8 Å². The van der Waals surface area contributed by atoms with Gasteiger partial charge in [-0.1, -0.05) is 12.2 Å². The first-order chi connectivity index (χ1) is 9.00. The molecule has 1 saturated heterocycles. The van der Waals surface area contributed by atoms with Gasteiger partial charge in [-0.05, 0) is 12.8 Å². The Morgan fingerprint density at radius 3 is 2.21 bits per heavy atom. The molecule has 2 atom stereocenters. The molecule has 0 aromatic heterocycles. The SMILES string of the molecule is O=C(O)CNC(=O)CN1C(=O)[C@H]2CC=CC[C@H]2C1=O. The number of carboxylic acids is 1. The monoisotopic (exact) mass is 266 g/mol. The normalized spacial score (nSPS) is 25.4. The lowest BCUT2D eigenvalue weighted by Crippen LogP contribution is -2.42. The van der Waals surface area contributed by atoms with Gasteiger partial charge >= 0.3 is 5.97 Å². The van der Waals surface area contributed by atoms with Crippen LogP contribution in [0, 0.1) is 11.8 Å². The second-order valence-electron chi connectivity index (χ2n) is 4.59. The van der Waals surface area contributed by atoms with Crippen LogP contribution in [0.3, 0.4) is 0 Å². The number of aliphatic carboxylic acids is 1. The summed E-state index contributed by atoms with van der Waals surface area (Å²) in [5.74, 6) is -3.25. The Balaban J connectivity index is 1.98. The van der Waals surface area contributed by atoms with Crippen molar-refractivity contribution < 1.29 is 24.3 Å². The standard InChI is InChI=1S/C12H14N2O5/c15-9(13-5-10(16)17)6-14-11(18)7-3-1-2-4-8(7)12(14)19/h1-2,7-8H,3-6H2,(H,13,15)(H,16,17)/t7-,8+. The number of nitrogens with zero attached hydrogens (tertiary/aromatic N) is 1. The van der Waals surface area contributed by atoms with E-state index in [9.17, 15) is 19.2 Å². The molecule has 2 N–H and O–H groups in total. The van der Waals surface area contributed by atoms with E-state index < -0.39 is 25.0 Å². The summed E-state index contributed by atoms with van der Waals surface area (Å²) in [4.78, 5) is 46.7. The van der Waals surface area contributed by atoms with Crippen molar-refractivity contribution in [3.63, 3.8) is 0 Å². The first-order valence-electron chi connectivity index (χ1n) is 5.99. The number of rotatable bonds is 4. The minimum absolute atomic E-state index is 0.343. The number of imide groups is 1. The molecule has 2 rings (SSSR count). The molecule has 7 heteroatoms. The van der Waals surface area contributed by atoms with Crippen molar-refractivity contribution in [1.29, 1.82) is 0 Å². The summed E-state index contributed by atoms with van der Waals surface area (Å²) in [6.07, 6.45) is 4.76. The van der Waals surface area contributed by atoms with E-state index in [0.29, 0.717) is 12.8 Å². The fraction of sp³-hybridized carbons (Fsp3) is 0.500. The number of carbonyl (C=O) groups excluding carboxylic acids is 3. The molecular formula is C12H14N2O5. The van der Waals surface area contributed by atoms with Gasteiger partial charge in [0, 0.05) is 0 Å². The zero-order valence-corrected chi connectivity index (χ0v) is 10.2. The first kappa shape index (κ1) is 13.3. The van der Waals surface area contributed by atoms with Crippen LogP contribution in [0.15, 0.2) is 12.2 Å². The molecule has 0 aromatic carbocycles. The van der Waals surface area contributed by atoms with Gasteiger partial charge in [-0.25, -0.2) is 0 Å². The number of allylic oxidation sites excluding steroid dienone is 2. The van der Waals surface area contributed by atoms with E-state index in [1.165, 1.54) is 0 Å². The van der Waals surface area contributed by atoms with Crippen LogP contribution in [-0.4, -0.2) is 46.8 Å². The summed E-state index contributed by atoms with van der Waals surface area (Å²) in [5.41, 5.74) is 0. The summed E-state index contributed by atoms with van der Waals surface area (Å²) >= 11 is 0. The van der Waals surface area contributed by atoms with E-state index >= 15 is 0 Å². The predicted molar refractivity (Wildman–Crippen MR) is 62.7 cm³/mol. The number of carboxylic acid groups (broad SMARTS) is 1. The Morgan fingerprint density at radius 2 is 1.74 bits per heavy atom. The molecule has 0 unspecified atom stereocenters. The lowest BCUT2D eigenvalue weighted by atomic mass is 9.85. The lowest BCUT2D eigenvalue weighted by Gasteiger charge is -2.14. The van der Waals surface area contributed by atoms with Gasteiger partial charge in [0.25, 0.3) is 0 Å². The van der Waals surface area contributed by atoms with Crippen LogP contribution in [0.4, 0.5) is 0 Å². The Hall–Kier alpha value is -2.18. The van der Waals surface area contributed by atoms with Gasteiger partial charge in [-0.15, -0.1) is 0 Å². The van der Waals surface area contributed by atoms with Crippen LogP contribution in [0.25, 0.3) is 0 Å². The molecule has 1 aliphatic heterocycles. The topological polar surface area (TPSA) is 104 Å². The predicted octanol–water partition coefficient (Wildman–Crippen LogP) is -0.862. The summed E-state index contributed by atoms with van der Waals surface area (Å²) < 4.78 is 0. The second-order valence-corrected chi connectivity index (χ2v) is 4.59. The maximum absolute atomic E-state index is 12.0. The first-order valence-corrected chi connectivity index (χ1v) is 5.99. The minimum atomic E-state index is -1.18. The van der Waals surface area contributed by atoms with Crippen molar-refractivity contribution >= 4 is 23.7 Å². The Bertz CT molecular complexity index is 445. The Morgan fingerprint density at radius 1 is 1.21 bits per heavy atom. The third-order valence-electron chi connectivity index (χ3n) is 3.34. The number of carbonyl (C=O) groups is 4. The number of amides is 3. The van der Waals surface area contributed by atoms with Crippen LogP contribution >= 0.6 is 0 Å². The molecule has 0 spiro atoms. The Labute approximate surface area is 109 Å². The average molecular weight is 266 g/mol. The van der Waals surface area contributed by atoms with Gasteiger partial charge in [0.15, 0.2) is 0 Å². The molecule has 102 valence electrons. The van der Waals surface area contributed by atoms with Gasteiger partial charge in [0.05, 0.1) is 11.8 Å².